The Morgan fingerprint density at radius 1 is 1.12 bits per heavy atom. The van der Waals surface area contributed by atoms with E-state index in [-0.39, 0.29) is 29.4 Å². The highest BCUT2D eigenvalue weighted by atomic mass is 16.2. The second-order valence-electron chi connectivity index (χ2n) is 12.2. The number of hydrogen-bond acceptors (Lipinski definition) is 5. The maximum Gasteiger partial charge on any atom is 0.257 e. The molecule has 2 aromatic carbocycles. The molecule has 5 N–H and O–H groups in total. The Hall–Kier alpha value is -3.65. The van der Waals surface area contributed by atoms with Crippen LogP contribution < -0.4 is 21.7 Å². The Balaban J connectivity index is 1.71. The molecule has 2 amide bonds. The molecule has 8 heteroatoms. The summed E-state index contributed by atoms with van der Waals surface area (Å²) in [5.41, 5.74) is 7.90. The van der Waals surface area contributed by atoms with Crippen molar-refractivity contribution in [1.29, 1.82) is 0 Å². The van der Waals surface area contributed by atoms with Crippen LogP contribution in [0.2, 0.25) is 0 Å². The SMILES string of the molecule is CCc1ccc(C(CC)(NC(=O)c2cnn3c2N[C@@H](c2ccccc2)CC3(C)C)C(=O)N[C@H](CN)CC(C)C)cc1. The number of benzene rings is 2. The van der Waals surface area contributed by atoms with Gasteiger partial charge in [0.15, 0.2) is 0 Å². The summed E-state index contributed by atoms with van der Waals surface area (Å²) in [7, 11) is 0. The van der Waals surface area contributed by atoms with E-state index in [1.54, 1.807) is 6.20 Å². The fourth-order valence-electron chi connectivity index (χ4n) is 5.89. The number of amides is 2. The quantitative estimate of drug-likeness (QED) is 0.256. The van der Waals surface area contributed by atoms with Gasteiger partial charge in [-0.05, 0) is 62.1 Å². The molecule has 3 atom stereocenters. The van der Waals surface area contributed by atoms with Gasteiger partial charge in [-0.3, -0.25) is 9.59 Å². The maximum atomic E-state index is 14.1. The van der Waals surface area contributed by atoms with Gasteiger partial charge < -0.3 is 21.7 Å². The third kappa shape index (κ3) is 6.32. The van der Waals surface area contributed by atoms with Gasteiger partial charge in [0.05, 0.1) is 17.8 Å². The first kappa shape index (κ1) is 30.3. The smallest absolute Gasteiger partial charge is 0.257 e. The molecular formula is C33H46N6O2. The number of hydrogen-bond donors (Lipinski definition) is 4. The minimum absolute atomic E-state index is 0.0177. The standard InChI is InChI=1S/C33H46N6O2/c1-7-23-14-16-25(17-15-23)33(8-2,31(41)36-26(20-34)18-22(3)4)38-30(40)27-21-35-39-29(27)37-28(19-32(39,5)6)24-12-10-9-11-13-24/h9-17,21-22,26,28,37H,7-8,18-20,34H2,1-6H3,(H,36,41)(H,38,40)/t26-,28+,33?/m0/s1. The number of nitrogens with zero attached hydrogens (tertiary/aromatic N) is 2. The first-order valence-electron chi connectivity index (χ1n) is 14.9. The Morgan fingerprint density at radius 3 is 2.39 bits per heavy atom. The summed E-state index contributed by atoms with van der Waals surface area (Å²) in [5.74, 6) is 0.404. The van der Waals surface area contributed by atoms with Crippen LogP contribution in [0.1, 0.15) is 93.9 Å². The molecule has 220 valence electrons. The zero-order valence-corrected chi connectivity index (χ0v) is 25.3. The molecule has 1 aliphatic heterocycles. The molecule has 2 heterocycles. The third-order valence-electron chi connectivity index (χ3n) is 8.28. The number of carbonyl (C=O) groups excluding carboxylic acids is 2. The Bertz CT molecular complexity index is 1330. The van der Waals surface area contributed by atoms with E-state index in [1.165, 1.54) is 0 Å². The number of nitrogens with one attached hydrogen (secondary N) is 3. The highest BCUT2D eigenvalue weighted by Crippen LogP contribution is 2.40. The first-order valence-corrected chi connectivity index (χ1v) is 14.9. The van der Waals surface area contributed by atoms with Crippen molar-refractivity contribution >= 4 is 17.6 Å². The highest BCUT2D eigenvalue weighted by molar-refractivity contribution is 6.03. The molecule has 0 bridgehead atoms. The van der Waals surface area contributed by atoms with E-state index >= 15 is 0 Å². The van der Waals surface area contributed by atoms with Crippen molar-refractivity contribution in [1.82, 2.24) is 20.4 Å². The maximum absolute atomic E-state index is 14.1. The molecular weight excluding hydrogens is 512 g/mol. The van der Waals surface area contributed by atoms with E-state index in [0.29, 0.717) is 30.3 Å². The summed E-state index contributed by atoms with van der Waals surface area (Å²) in [6.45, 7) is 12.8. The Morgan fingerprint density at radius 2 is 1.80 bits per heavy atom. The van der Waals surface area contributed by atoms with Gasteiger partial charge in [-0.15, -0.1) is 0 Å². The number of carbonyl (C=O) groups is 2. The summed E-state index contributed by atoms with van der Waals surface area (Å²) < 4.78 is 1.89. The van der Waals surface area contributed by atoms with Crippen molar-refractivity contribution < 1.29 is 9.59 Å². The Kier molecular flexibility index (Phi) is 9.22. The summed E-state index contributed by atoms with van der Waals surface area (Å²) in [6, 6.07) is 18.0. The van der Waals surface area contributed by atoms with Gasteiger partial charge in [0, 0.05) is 12.6 Å². The number of nitrogens with two attached hydrogens (primary N) is 1. The van der Waals surface area contributed by atoms with Crippen LogP contribution in [0.3, 0.4) is 0 Å². The monoisotopic (exact) mass is 558 g/mol. The first-order chi connectivity index (χ1) is 19.5. The predicted octanol–water partition coefficient (Wildman–Crippen LogP) is 5.26. The van der Waals surface area contributed by atoms with Gasteiger partial charge in [0.2, 0.25) is 0 Å². The molecule has 0 saturated heterocycles. The number of anilines is 1. The normalized spacial score (nSPS) is 18.1. The van der Waals surface area contributed by atoms with Gasteiger partial charge in [0.25, 0.3) is 11.8 Å². The molecule has 1 unspecified atom stereocenters. The van der Waals surface area contributed by atoms with Gasteiger partial charge >= 0.3 is 0 Å². The molecule has 0 aliphatic carbocycles. The molecule has 0 spiro atoms. The second-order valence-corrected chi connectivity index (χ2v) is 12.2. The van der Waals surface area contributed by atoms with Crippen LogP contribution in [0.25, 0.3) is 0 Å². The van der Waals surface area contributed by atoms with Crippen molar-refractivity contribution in [3.63, 3.8) is 0 Å². The topological polar surface area (TPSA) is 114 Å². The molecule has 4 rings (SSSR count). The van der Waals surface area contributed by atoms with Crippen molar-refractivity contribution in [3.8, 4) is 0 Å². The van der Waals surface area contributed by atoms with Crippen LogP contribution in [0.4, 0.5) is 5.82 Å². The molecule has 0 radical (unpaired) electrons. The zero-order valence-electron chi connectivity index (χ0n) is 25.3. The molecule has 41 heavy (non-hydrogen) atoms. The average Bonchev–Trinajstić information content (AvgIpc) is 3.41. The van der Waals surface area contributed by atoms with Crippen molar-refractivity contribution in [2.24, 2.45) is 11.7 Å². The fraction of sp³-hybridized carbons (Fsp3) is 0.485. The largest absolute Gasteiger partial charge is 0.363 e. The molecule has 0 saturated carbocycles. The summed E-state index contributed by atoms with van der Waals surface area (Å²) >= 11 is 0. The predicted molar refractivity (Wildman–Crippen MR) is 165 cm³/mol. The second kappa shape index (κ2) is 12.5. The van der Waals surface area contributed by atoms with E-state index < -0.39 is 5.54 Å². The summed E-state index contributed by atoms with van der Waals surface area (Å²) in [5, 5.41) is 14.5. The fourth-order valence-corrected chi connectivity index (χ4v) is 5.89. The van der Waals surface area contributed by atoms with E-state index in [2.05, 4.69) is 67.8 Å². The van der Waals surface area contributed by atoms with Gasteiger partial charge in [-0.2, -0.15) is 5.10 Å². The summed E-state index contributed by atoms with van der Waals surface area (Å²) in [6.07, 6.45) is 4.42. The van der Waals surface area contributed by atoms with Crippen molar-refractivity contribution in [2.75, 3.05) is 11.9 Å². The van der Waals surface area contributed by atoms with Gasteiger partial charge in [-0.25, -0.2) is 4.68 Å². The van der Waals surface area contributed by atoms with Crippen LogP contribution in [0, 0.1) is 5.92 Å². The molecule has 8 nitrogen and oxygen atoms in total. The number of aryl methyl sites for hydroxylation is 1. The van der Waals surface area contributed by atoms with E-state index in [1.807, 2.05) is 54.1 Å². The highest BCUT2D eigenvalue weighted by Gasteiger charge is 2.43. The number of aromatic nitrogens is 2. The molecule has 1 aromatic heterocycles. The van der Waals surface area contributed by atoms with E-state index in [9.17, 15) is 9.59 Å². The van der Waals surface area contributed by atoms with Crippen LogP contribution in [0.15, 0.2) is 60.8 Å². The lowest BCUT2D eigenvalue weighted by Crippen LogP contribution is -2.58. The molecule has 3 aromatic rings. The van der Waals surface area contributed by atoms with E-state index in [0.717, 1.165) is 36.0 Å². The van der Waals surface area contributed by atoms with Gasteiger partial charge in [-0.1, -0.05) is 82.3 Å². The third-order valence-corrected chi connectivity index (χ3v) is 8.28. The van der Waals surface area contributed by atoms with Crippen LogP contribution in [0.5, 0.6) is 0 Å². The number of fused-ring (bicyclic) bond motifs is 1. The number of rotatable bonds is 11. The minimum Gasteiger partial charge on any atom is -0.363 e. The van der Waals surface area contributed by atoms with Gasteiger partial charge in [0.1, 0.15) is 16.9 Å². The van der Waals surface area contributed by atoms with E-state index in [4.69, 9.17) is 5.73 Å². The van der Waals surface area contributed by atoms with Crippen LogP contribution >= 0.6 is 0 Å². The lowest BCUT2D eigenvalue weighted by molar-refractivity contribution is -0.128. The van der Waals surface area contributed by atoms with Crippen molar-refractivity contribution in [2.45, 2.75) is 90.4 Å². The zero-order chi connectivity index (χ0) is 29.8. The average molecular weight is 559 g/mol. The van der Waals surface area contributed by atoms with Crippen molar-refractivity contribution in [3.05, 3.63) is 83.0 Å². The molecule has 1 aliphatic rings. The van der Waals surface area contributed by atoms with Crippen LogP contribution in [-0.4, -0.2) is 34.2 Å². The summed E-state index contributed by atoms with van der Waals surface area (Å²) in [4.78, 5) is 28.2. The molecule has 0 fully saturated rings. The van der Waals surface area contributed by atoms with Crippen LogP contribution in [-0.2, 0) is 22.3 Å². The lowest BCUT2D eigenvalue weighted by atomic mass is 9.84. The minimum atomic E-state index is -1.29. The lowest BCUT2D eigenvalue weighted by Gasteiger charge is -2.39. The Labute approximate surface area is 244 Å².